The van der Waals surface area contributed by atoms with E-state index in [1.165, 1.54) is 0 Å². The maximum absolute atomic E-state index is 8.36. The van der Waals surface area contributed by atoms with Crippen LogP contribution in [0, 0.1) is 18.3 Å². The van der Waals surface area contributed by atoms with Gasteiger partial charge in [0, 0.05) is 12.5 Å². The van der Waals surface area contributed by atoms with E-state index in [1.54, 1.807) is 0 Å². The van der Waals surface area contributed by atoms with Gasteiger partial charge in [0.25, 0.3) is 0 Å². The van der Waals surface area contributed by atoms with Crippen molar-refractivity contribution in [2.24, 2.45) is 5.92 Å². The Bertz CT molecular complexity index is 83.0. The standard InChI is InChI=1S/C6H9O2/c1-2-6(5-8)3-4-7/h6-8H,3-5H2. The third-order valence-corrected chi connectivity index (χ3v) is 0.902. The molecule has 2 N–H and O–H groups in total. The molecular formula is C6H9O2. The monoisotopic (exact) mass is 113 g/mol. The molecule has 1 unspecified atom stereocenters. The second-order valence-electron chi connectivity index (χ2n) is 1.54. The molecular weight excluding hydrogens is 104 g/mol. The van der Waals surface area contributed by atoms with Gasteiger partial charge in [-0.25, -0.2) is 0 Å². The van der Waals surface area contributed by atoms with Crippen LogP contribution in [0.2, 0.25) is 0 Å². The van der Waals surface area contributed by atoms with Gasteiger partial charge in [-0.2, -0.15) is 0 Å². The number of aliphatic hydroxyl groups is 2. The largest absolute Gasteiger partial charge is 0.396 e. The second-order valence-corrected chi connectivity index (χ2v) is 1.54. The SMILES string of the molecule is [C]#CC(CO)CCO. The van der Waals surface area contributed by atoms with Gasteiger partial charge in [0.05, 0.1) is 6.61 Å². The Morgan fingerprint density at radius 3 is 2.25 bits per heavy atom. The summed E-state index contributed by atoms with van der Waals surface area (Å²) in [5, 5.41) is 16.6. The fourth-order valence-electron chi connectivity index (χ4n) is 0.365. The van der Waals surface area contributed by atoms with Gasteiger partial charge in [-0.3, -0.25) is 0 Å². The molecule has 0 saturated heterocycles. The van der Waals surface area contributed by atoms with Crippen molar-refractivity contribution in [1.29, 1.82) is 0 Å². The first-order valence-corrected chi connectivity index (χ1v) is 2.49. The molecule has 0 aromatic heterocycles. The Morgan fingerprint density at radius 2 is 2.12 bits per heavy atom. The molecule has 8 heavy (non-hydrogen) atoms. The van der Waals surface area contributed by atoms with Crippen molar-refractivity contribution in [1.82, 2.24) is 0 Å². The first kappa shape index (κ1) is 7.48. The Morgan fingerprint density at radius 1 is 1.50 bits per heavy atom. The van der Waals surface area contributed by atoms with Crippen LogP contribution in [0.15, 0.2) is 0 Å². The normalized spacial score (nSPS) is 12.6. The van der Waals surface area contributed by atoms with Gasteiger partial charge in [0.1, 0.15) is 0 Å². The molecule has 1 atom stereocenters. The molecule has 0 bridgehead atoms. The Kier molecular flexibility index (Phi) is 4.33. The molecule has 0 fully saturated rings. The summed E-state index contributed by atoms with van der Waals surface area (Å²) in [4.78, 5) is 0. The van der Waals surface area contributed by atoms with E-state index in [-0.39, 0.29) is 19.1 Å². The van der Waals surface area contributed by atoms with Crippen molar-refractivity contribution in [3.05, 3.63) is 6.42 Å². The zero-order chi connectivity index (χ0) is 6.41. The summed E-state index contributed by atoms with van der Waals surface area (Å²) in [6.07, 6.45) is 6.97. The Balaban J connectivity index is 3.26. The van der Waals surface area contributed by atoms with Crippen LogP contribution in [0.25, 0.3) is 0 Å². The molecule has 0 heterocycles. The third kappa shape index (κ3) is 2.62. The average molecular weight is 113 g/mol. The predicted molar refractivity (Wildman–Crippen MR) is 29.4 cm³/mol. The van der Waals surface area contributed by atoms with Gasteiger partial charge in [-0.1, -0.05) is 5.92 Å². The van der Waals surface area contributed by atoms with Crippen molar-refractivity contribution in [3.8, 4) is 5.92 Å². The van der Waals surface area contributed by atoms with Crippen molar-refractivity contribution in [3.63, 3.8) is 0 Å². The van der Waals surface area contributed by atoms with Gasteiger partial charge < -0.3 is 10.2 Å². The van der Waals surface area contributed by atoms with Gasteiger partial charge in [-0.15, -0.1) is 0 Å². The van der Waals surface area contributed by atoms with E-state index in [2.05, 4.69) is 5.92 Å². The molecule has 2 heteroatoms. The van der Waals surface area contributed by atoms with E-state index in [1.807, 2.05) is 0 Å². The Hall–Kier alpha value is -0.520. The van der Waals surface area contributed by atoms with E-state index in [0.29, 0.717) is 6.42 Å². The smallest absolute Gasteiger partial charge is 0.0570 e. The third-order valence-electron chi connectivity index (χ3n) is 0.902. The Labute approximate surface area is 49.2 Å². The summed E-state index contributed by atoms with van der Waals surface area (Å²) in [6.45, 7) is -0.0822. The van der Waals surface area contributed by atoms with Crippen LogP contribution in [0.5, 0.6) is 0 Å². The number of hydrogen-bond acceptors (Lipinski definition) is 2. The molecule has 0 saturated carbocycles. The van der Waals surface area contributed by atoms with Crippen LogP contribution in [-0.2, 0) is 0 Å². The average Bonchev–Trinajstić information content (AvgIpc) is 1.83. The van der Waals surface area contributed by atoms with E-state index in [9.17, 15) is 0 Å². The van der Waals surface area contributed by atoms with Gasteiger partial charge in [0.2, 0.25) is 0 Å². The minimum atomic E-state index is -0.278. The predicted octanol–water partition coefficient (Wildman–Crippen LogP) is -0.433. The molecule has 0 aromatic carbocycles. The molecule has 2 nitrogen and oxygen atoms in total. The molecule has 1 radical (unpaired) electrons. The minimum absolute atomic E-state index is 0.0110. The van der Waals surface area contributed by atoms with Crippen LogP contribution < -0.4 is 0 Å². The summed E-state index contributed by atoms with van der Waals surface area (Å²) >= 11 is 0. The summed E-state index contributed by atoms with van der Waals surface area (Å²) in [5.41, 5.74) is 0. The number of aliphatic hydroxyl groups excluding tert-OH is 2. The first-order valence-electron chi connectivity index (χ1n) is 2.49. The molecule has 45 valence electrons. The van der Waals surface area contributed by atoms with E-state index < -0.39 is 0 Å². The van der Waals surface area contributed by atoms with Crippen LogP contribution in [0.3, 0.4) is 0 Å². The molecule has 0 aliphatic heterocycles. The molecule has 0 aliphatic rings. The number of rotatable bonds is 3. The topological polar surface area (TPSA) is 40.5 Å². The van der Waals surface area contributed by atoms with Crippen LogP contribution in [0.1, 0.15) is 6.42 Å². The zero-order valence-corrected chi connectivity index (χ0v) is 4.59. The fraction of sp³-hybridized carbons (Fsp3) is 0.667. The highest BCUT2D eigenvalue weighted by Gasteiger charge is 1.99. The summed E-state index contributed by atoms with van der Waals surface area (Å²) < 4.78 is 0. The molecule has 0 amide bonds. The summed E-state index contributed by atoms with van der Waals surface area (Å²) in [6, 6.07) is 0. The van der Waals surface area contributed by atoms with Crippen molar-refractivity contribution in [2.45, 2.75) is 6.42 Å². The summed E-state index contributed by atoms with van der Waals surface area (Å²) in [5.74, 6) is 1.81. The van der Waals surface area contributed by atoms with Crippen molar-refractivity contribution < 1.29 is 10.2 Å². The lowest BCUT2D eigenvalue weighted by Crippen LogP contribution is -2.04. The van der Waals surface area contributed by atoms with Crippen molar-refractivity contribution in [2.75, 3.05) is 13.2 Å². The van der Waals surface area contributed by atoms with Crippen LogP contribution in [0.4, 0.5) is 0 Å². The number of hydrogen-bond donors (Lipinski definition) is 2. The minimum Gasteiger partial charge on any atom is -0.396 e. The molecule has 0 rings (SSSR count). The quantitative estimate of drug-likeness (QED) is 0.487. The van der Waals surface area contributed by atoms with E-state index in [0.717, 1.165) is 0 Å². The highest BCUT2D eigenvalue weighted by atomic mass is 16.3. The van der Waals surface area contributed by atoms with Gasteiger partial charge in [-0.05, 0) is 12.8 Å². The highest BCUT2D eigenvalue weighted by Crippen LogP contribution is 1.96. The van der Waals surface area contributed by atoms with Gasteiger partial charge in [0.15, 0.2) is 0 Å². The van der Waals surface area contributed by atoms with Crippen LogP contribution >= 0.6 is 0 Å². The van der Waals surface area contributed by atoms with E-state index >= 15 is 0 Å². The second kappa shape index (κ2) is 4.63. The fourth-order valence-corrected chi connectivity index (χ4v) is 0.365. The lowest BCUT2D eigenvalue weighted by atomic mass is 10.1. The summed E-state index contributed by atoms with van der Waals surface area (Å²) in [7, 11) is 0. The molecule has 0 aliphatic carbocycles. The molecule has 0 spiro atoms. The van der Waals surface area contributed by atoms with E-state index in [4.69, 9.17) is 16.6 Å². The maximum atomic E-state index is 8.36. The molecule has 0 aromatic rings. The lowest BCUT2D eigenvalue weighted by Gasteiger charge is -2.00. The zero-order valence-electron chi connectivity index (χ0n) is 4.59. The highest BCUT2D eigenvalue weighted by molar-refractivity contribution is 4.85. The lowest BCUT2D eigenvalue weighted by molar-refractivity contribution is 0.212. The maximum Gasteiger partial charge on any atom is 0.0570 e. The van der Waals surface area contributed by atoms with Gasteiger partial charge >= 0.3 is 0 Å². The van der Waals surface area contributed by atoms with Crippen molar-refractivity contribution >= 4 is 0 Å². The van der Waals surface area contributed by atoms with Crippen LogP contribution in [-0.4, -0.2) is 23.4 Å². The first-order chi connectivity index (χ1) is 3.85.